The van der Waals surface area contributed by atoms with Crippen molar-refractivity contribution in [3.05, 3.63) is 42.1 Å². The number of fused-ring (bicyclic) bond motifs is 1. The van der Waals surface area contributed by atoms with Gasteiger partial charge in [-0.2, -0.15) is 0 Å². The molecule has 4 heteroatoms. The first-order chi connectivity index (χ1) is 9.36. The topological polar surface area (TPSA) is 60.2 Å². The molecule has 4 nitrogen and oxygen atoms in total. The summed E-state index contributed by atoms with van der Waals surface area (Å²) in [5.74, 6) is 6.30. The van der Waals surface area contributed by atoms with Gasteiger partial charge in [-0.25, -0.2) is 0 Å². The molecule has 0 bridgehead atoms. The van der Waals surface area contributed by atoms with E-state index in [1.165, 1.54) is 0 Å². The lowest BCUT2D eigenvalue weighted by Gasteiger charge is -2.19. The van der Waals surface area contributed by atoms with Crippen LogP contribution in [0.1, 0.15) is 24.4 Å². The Kier molecular flexibility index (Phi) is 3.73. The molecule has 1 aromatic heterocycles. The molecule has 0 amide bonds. The van der Waals surface area contributed by atoms with Gasteiger partial charge in [-0.05, 0) is 36.5 Å². The lowest BCUT2D eigenvalue weighted by atomic mass is 9.95. The molecule has 1 fully saturated rings. The predicted molar refractivity (Wildman–Crippen MR) is 75.4 cm³/mol. The molecular weight excluding hydrogens is 238 g/mol. The van der Waals surface area contributed by atoms with Gasteiger partial charge in [0.2, 0.25) is 0 Å². The normalized spacial score (nSPS) is 20.8. The van der Waals surface area contributed by atoms with Crippen molar-refractivity contribution in [1.29, 1.82) is 0 Å². The molecule has 0 aliphatic carbocycles. The number of hydrazine groups is 1. The van der Waals surface area contributed by atoms with Gasteiger partial charge in [0.1, 0.15) is 0 Å². The highest BCUT2D eigenvalue weighted by Crippen LogP contribution is 2.27. The Balaban J connectivity index is 1.83. The molecule has 2 heterocycles. The van der Waals surface area contributed by atoms with Crippen molar-refractivity contribution in [2.75, 3.05) is 13.2 Å². The Hall–Kier alpha value is -1.49. The van der Waals surface area contributed by atoms with Crippen molar-refractivity contribution in [3.63, 3.8) is 0 Å². The third-order valence-corrected chi connectivity index (χ3v) is 3.81. The van der Waals surface area contributed by atoms with E-state index < -0.39 is 0 Å². The number of rotatable bonds is 4. The van der Waals surface area contributed by atoms with Crippen LogP contribution in [0.5, 0.6) is 0 Å². The Morgan fingerprint density at radius 3 is 3.11 bits per heavy atom. The van der Waals surface area contributed by atoms with Crippen molar-refractivity contribution in [3.8, 4) is 0 Å². The van der Waals surface area contributed by atoms with Crippen LogP contribution in [0.3, 0.4) is 0 Å². The summed E-state index contributed by atoms with van der Waals surface area (Å²) in [4.78, 5) is 4.50. The zero-order valence-corrected chi connectivity index (χ0v) is 10.9. The van der Waals surface area contributed by atoms with E-state index in [0.29, 0.717) is 5.92 Å². The van der Waals surface area contributed by atoms with Crippen LogP contribution in [-0.4, -0.2) is 18.2 Å². The number of benzene rings is 1. The van der Waals surface area contributed by atoms with E-state index in [4.69, 9.17) is 10.6 Å². The van der Waals surface area contributed by atoms with E-state index in [0.717, 1.165) is 42.5 Å². The highest BCUT2D eigenvalue weighted by atomic mass is 16.5. The second kappa shape index (κ2) is 5.65. The smallest absolute Gasteiger partial charge is 0.0702 e. The van der Waals surface area contributed by atoms with Crippen LogP contribution in [0.15, 0.2) is 36.5 Å². The van der Waals surface area contributed by atoms with E-state index in [1.54, 1.807) is 0 Å². The zero-order chi connectivity index (χ0) is 13.1. The maximum absolute atomic E-state index is 5.71. The van der Waals surface area contributed by atoms with E-state index >= 15 is 0 Å². The van der Waals surface area contributed by atoms with Crippen LogP contribution in [-0.2, 0) is 4.74 Å². The lowest BCUT2D eigenvalue weighted by molar-refractivity contribution is 0.181. The van der Waals surface area contributed by atoms with Crippen LogP contribution < -0.4 is 11.3 Å². The molecule has 2 aromatic rings. The lowest BCUT2D eigenvalue weighted by Crippen LogP contribution is -2.30. The molecule has 100 valence electrons. The van der Waals surface area contributed by atoms with Gasteiger partial charge in [-0.3, -0.25) is 16.3 Å². The number of ether oxygens (including phenoxy) is 1. The van der Waals surface area contributed by atoms with E-state index in [2.05, 4.69) is 22.5 Å². The first kappa shape index (κ1) is 12.5. The van der Waals surface area contributed by atoms with E-state index in [9.17, 15) is 0 Å². The quantitative estimate of drug-likeness (QED) is 0.651. The molecule has 0 saturated carbocycles. The van der Waals surface area contributed by atoms with Crippen molar-refractivity contribution >= 4 is 10.9 Å². The molecule has 0 spiro atoms. The number of nitrogens with zero attached hydrogens (tertiary/aromatic N) is 1. The Bertz CT molecular complexity index is 552. The van der Waals surface area contributed by atoms with Crippen LogP contribution >= 0.6 is 0 Å². The number of nitrogens with two attached hydrogens (primary N) is 1. The Morgan fingerprint density at radius 2 is 2.32 bits per heavy atom. The van der Waals surface area contributed by atoms with Crippen molar-refractivity contribution in [2.45, 2.75) is 18.9 Å². The third kappa shape index (κ3) is 2.76. The summed E-state index contributed by atoms with van der Waals surface area (Å²) in [5.41, 5.74) is 5.08. The first-order valence-corrected chi connectivity index (χ1v) is 6.75. The molecule has 1 saturated heterocycles. The van der Waals surface area contributed by atoms with Gasteiger partial charge < -0.3 is 4.74 Å². The Labute approximate surface area is 112 Å². The first-order valence-electron chi connectivity index (χ1n) is 6.75. The van der Waals surface area contributed by atoms with Gasteiger partial charge in [-0.1, -0.05) is 18.2 Å². The maximum Gasteiger partial charge on any atom is 0.0702 e. The number of hydrogen-bond donors (Lipinski definition) is 2. The monoisotopic (exact) mass is 257 g/mol. The van der Waals surface area contributed by atoms with Gasteiger partial charge in [-0.15, -0.1) is 0 Å². The summed E-state index contributed by atoms with van der Waals surface area (Å²) in [5, 5.41) is 1.16. The largest absolute Gasteiger partial charge is 0.381 e. The summed E-state index contributed by atoms with van der Waals surface area (Å²) in [7, 11) is 0. The van der Waals surface area contributed by atoms with Gasteiger partial charge in [0, 0.05) is 30.8 Å². The minimum absolute atomic E-state index is 0.142. The Morgan fingerprint density at radius 1 is 1.42 bits per heavy atom. The van der Waals surface area contributed by atoms with Crippen molar-refractivity contribution < 1.29 is 4.74 Å². The fourth-order valence-electron chi connectivity index (χ4n) is 2.68. The molecule has 2 unspecified atom stereocenters. The minimum Gasteiger partial charge on any atom is -0.381 e. The van der Waals surface area contributed by atoms with E-state index in [1.807, 2.05) is 24.4 Å². The number of pyridine rings is 1. The molecular formula is C15H19N3O. The summed E-state index contributed by atoms with van der Waals surface area (Å²) in [6.45, 7) is 1.72. The highest BCUT2D eigenvalue weighted by molar-refractivity contribution is 5.78. The zero-order valence-electron chi connectivity index (χ0n) is 10.9. The maximum atomic E-state index is 5.71. The number of nitrogens with one attached hydrogen (secondary N) is 1. The fraction of sp³-hybridized carbons (Fsp3) is 0.400. The van der Waals surface area contributed by atoms with Crippen LogP contribution in [0.25, 0.3) is 10.9 Å². The number of aromatic nitrogens is 1. The number of para-hydroxylation sites is 1. The SMILES string of the molecule is NNC(CC1CCOC1)c1cnc2ccccc2c1. The molecule has 1 aromatic carbocycles. The van der Waals surface area contributed by atoms with Crippen LogP contribution in [0, 0.1) is 5.92 Å². The second-order valence-corrected chi connectivity index (χ2v) is 5.15. The third-order valence-electron chi connectivity index (χ3n) is 3.81. The van der Waals surface area contributed by atoms with E-state index in [-0.39, 0.29) is 6.04 Å². The molecule has 1 aliphatic heterocycles. The van der Waals surface area contributed by atoms with Crippen LogP contribution in [0.4, 0.5) is 0 Å². The highest BCUT2D eigenvalue weighted by Gasteiger charge is 2.21. The van der Waals surface area contributed by atoms with Gasteiger partial charge in [0.05, 0.1) is 5.52 Å². The average Bonchev–Trinajstić information content (AvgIpc) is 2.97. The standard InChI is InChI=1S/C15H19N3O/c16-18-15(7-11-5-6-19-10-11)13-8-12-3-1-2-4-14(12)17-9-13/h1-4,8-9,11,15,18H,5-7,10,16H2. The molecule has 3 N–H and O–H groups in total. The summed E-state index contributed by atoms with van der Waals surface area (Å²) >= 11 is 0. The van der Waals surface area contributed by atoms with Gasteiger partial charge >= 0.3 is 0 Å². The molecule has 1 aliphatic rings. The summed E-state index contributed by atoms with van der Waals surface area (Å²) < 4.78 is 5.42. The minimum atomic E-state index is 0.142. The second-order valence-electron chi connectivity index (χ2n) is 5.15. The van der Waals surface area contributed by atoms with Crippen molar-refractivity contribution in [1.82, 2.24) is 10.4 Å². The fourth-order valence-corrected chi connectivity index (χ4v) is 2.68. The van der Waals surface area contributed by atoms with Gasteiger partial charge in [0.15, 0.2) is 0 Å². The predicted octanol–water partition coefficient (Wildman–Crippen LogP) is 2.17. The van der Waals surface area contributed by atoms with Crippen molar-refractivity contribution in [2.24, 2.45) is 11.8 Å². The molecule has 0 radical (unpaired) electrons. The van der Waals surface area contributed by atoms with Crippen LogP contribution in [0.2, 0.25) is 0 Å². The molecule has 3 rings (SSSR count). The summed E-state index contributed by atoms with van der Waals surface area (Å²) in [6.07, 6.45) is 4.04. The van der Waals surface area contributed by atoms with Gasteiger partial charge in [0.25, 0.3) is 0 Å². The molecule has 2 atom stereocenters. The number of hydrogen-bond acceptors (Lipinski definition) is 4. The summed E-state index contributed by atoms with van der Waals surface area (Å²) in [6, 6.07) is 10.5. The average molecular weight is 257 g/mol. The molecule has 19 heavy (non-hydrogen) atoms.